The van der Waals surface area contributed by atoms with Gasteiger partial charge in [-0.2, -0.15) is 0 Å². The number of thiol groups is 1. The summed E-state index contributed by atoms with van der Waals surface area (Å²) < 4.78 is 1.07. The summed E-state index contributed by atoms with van der Waals surface area (Å²) in [6.45, 7) is 0. The maximum atomic E-state index is 4.28. The maximum absolute atomic E-state index is 4.28. The van der Waals surface area contributed by atoms with Crippen LogP contribution in [0.4, 0.5) is 0 Å². The van der Waals surface area contributed by atoms with Crippen molar-refractivity contribution in [2.45, 2.75) is 5.03 Å². The molecule has 0 aliphatic rings. The van der Waals surface area contributed by atoms with Crippen molar-refractivity contribution in [1.29, 1.82) is 0 Å². The molecular formula is C9H6BrNS2. The Balaban J connectivity index is 2.46. The molecular weight excluding hydrogens is 266 g/mol. The van der Waals surface area contributed by atoms with Gasteiger partial charge in [0.25, 0.3) is 0 Å². The van der Waals surface area contributed by atoms with E-state index in [1.165, 1.54) is 0 Å². The minimum atomic E-state index is 0.778. The second-order valence-corrected chi connectivity index (χ2v) is 4.75. The van der Waals surface area contributed by atoms with E-state index in [0.29, 0.717) is 0 Å². The predicted octanol–water partition coefficient (Wildman–Crippen LogP) is 3.86. The summed E-state index contributed by atoms with van der Waals surface area (Å²) in [6.07, 6.45) is 0. The fourth-order valence-electron chi connectivity index (χ4n) is 1.02. The molecule has 0 aliphatic carbocycles. The molecule has 4 heteroatoms. The van der Waals surface area contributed by atoms with Gasteiger partial charge in [-0.25, -0.2) is 4.98 Å². The van der Waals surface area contributed by atoms with Gasteiger partial charge in [-0.1, -0.05) is 28.1 Å². The van der Waals surface area contributed by atoms with Crippen LogP contribution >= 0.6 is 39.9 Å². The first-order valence-corrected chi connectivity index (χ1v) is 5.78. The molecule has 66 valence electrons. The molecule has 1 aromatic carbocycles. The van der Waals surface area contributed by atoms with Crippen molar-refractivity contribution >= 4 is 39.9 Å². The molecule has 0 amide bonds. The summed E-state index contributed by atoms with van der Waals surface area (Å²) >= 11 is 9.20. The molecule has 1 nitrogen and oxygen atoms in total. The van der Waals surface area contributed by atoms with Gasteiger partial charge in [-0.3, -0.25) is 0 Å². The molecule has 13 heavy (non-hydrogen) atoms. The van der Waals surface area contributed by atoms with E-state index in [1.54, 1.807) is 11.3 Å². The summed E-state index contributed by atoms with van der Waals surface area (Å²) in [4.78, 5) is 4.28. The molecule has 0 radical (unpaired) electrons. The Kier molecular flexibility index (Phi) is 2.71. The molecule has 2 rings (SSSR count). The topological polar surface area (TPSA) is 12.9 Å². The Hall–Kier alpha value is -0.320. The average Bonchev–Trinajstić information content (AvgIpc) is 2.52. The van der Waals surface area contributed by atoms with Gasteiger partial charge >= 0.3 is 0 Å². The largest absolute Gasteiger partial charge is 0.230 e. The summed E-state index contributed by atoms with van der Waals surface area (Å²) in [5.41, 5.74) is 1.12. The Morgan fingerprint density at radius 1 is 1.38 bits per heavy atom. The van der Waals surface area contributed by atoms with Crippen molar-refractivity contribution in [2.24, 2.45) is 0 Å². The number of aromatic nitrogens is 1. The SMILES string of the molecule is Sc1csc(-c2cccc(Br)c2)n1. The lowest BCUT2D eigenvalue weighted by Crippen LogP contribution is -1.75. The van der Waals surface area contributed by atoms with Gasteiger partial charge in [0.1, 0.15) is 10.0 Å². The van der Waals surface area contributed by atoms with E-state index in [4.69, 9.17) is 0 Å². The summed E-state index contributed by atoms with van der Waals surface area (Å²) in [7, 11) is 0. The van der Waals surface area contributed by atoms with Crippen LogP contribution < -0.4 is 0 Å². The van der Waals surface area contributed by atoms with E-state index in [1.807, 2.05) is 29.6 Å². The third-order valence-electron chi connectivity index (χ3n) is 1.56. The quantitative estimate of drug-likeness (QED) is 0.778. The number of hydrogen-bond acceptors (Lipinski definition) is 3. The fourth-order valence-corrected chi connectivity index (χ4v) is 2.43. The van der Waals surface area contributed by atoms with Crippen molar-refractivity contribution in [1.82, 2.24) is 4.98 Å². The highest BCUT2D eigenvalue weighted by molar-refractivity contribution is 9.10. The predicted molar refractivity (Wildman–Crippen MR) is 62.5 cm³/mol. The lowest BCUT2D eigenvalue weighted by molar-refractivity contribution is 1.22. The second-order valence-electron chi connectivity index (χ2n) is 2.52. The normalized spacial score (nSPS) is 10.3. The van der Waals surface area contributed by atoms with Gasteiger partial charge in [-0.15, -0.1) is 24.0 Å². The van der Waals surface area contributed by atoms with E-state index < -0.39 is 0 Å². The van der Waals surface area contributed by atoms with Crippen LogP contribution in [0.15, 0.2) is 39.1 Å². The first kappa shape index (κ1) is 9.24. The fraction of sp³-hybridized carbons (Fsp3) is 0. The molecule has 0 fully saturated rings. The highest BCUT2D eigenvalue weighted by Gasteiger charge is 2.02. The number of thiazole rings is 1. The zero-order valence-electron chi connectivity index (χ0n) is 6.57. The van der Waals surface area contributed by atoms with Gasteiger partial charge in [0, 0.05) is 15.4 Å². The summed E-state index contributed by atoms with van der Waals surface area (Å²) in [5.74, 6) is 0. The van der Waals surface area contributed by atoms with Crippen LogP contribution in [0.3, 0.4) is 0 Å². The summed E-state index contributed by atoms with van der Waals surface area (Å²) in [6, 6.07) is 8.08. The lowest BCUT2D eigenvalue weighted by Gasteiger charge is -1.95. The monoisotopic (exact) mass is 271 g/mol. The van der Waals surface area contributed by atoms with Crippen LogP contribution in [-0.4, -0.2) is 4.98 Å². The van der Waals surface area contributed by atoms with Crippen LogP contribution in [0.5, 0.6) is 0 Å². The first-order valence-electron chi connectivity index (χ1n) is 3.66. The maximum Gasteiger partial charge on any atom is 0.124 e. The zero-order valence-corrected chi connectivity index (χ0v) is 9.86. The van der Waals surface area contributed by atoms with Crippen LogP contribution in [0.25, 0.3) is 10.6 Å². The van der Waals surface area contributed by atoms with Gasteiger partial charge in [0.15, 0.2) is 0 Å². The molecule has 1 aromatic heterocycles. The van der Waals surface area contributed by atoms with Crippen LogP contribution in [0.1, 0.15) is 0 Å². The first-order chi connectivity index (χ1) is 6.25. The van der Waals surface area contributed by atoms with Gasteiger partial charge in [0.2, 0.25) is 0 Å². The molecule has 0 bridgehead atoms. The number of nitrogens with zero attached hydrogens (tertiary/aromatic N) is 1. The Labute approximate surface area is 94.4 Å². The number of benzene rings is 1. The zero-order chi connectivity index (χ0) is 9.26. The van der Waals surface area contributed by atoms with Crippen molar-refractivity contribution in [3.8, 4) is 10.6 Å². The Morgan fingerprint density at radius 2 is 2.23 bits per heavy atom. The van der Waals surface area contributed by atoms with E-state index in [0.717, 1.165) is 20.1 Å². The number of hydrogen-bond donors (Lipinski definition) is 1. The third-order valence-corrected chi connectivity index (χ3v) is 3.35. The molecule has 0 unspecified atom stereocenters. The van der Waals surface area contributed by atoms with E-state index in [-0.39, 0.29) is 0 Å². The lowest BCUT2D eigenvalue weighted by atomic mass is 10.2. The molecule has 0 spiro atoms. The minimum Gasteiger partial charge on any atom is -0.230 e. The van der Waals surface area contributed by atoms with Crippen LogP contribution in [0.2, 0.25) is 0 Å². The molecule has 0 atom stereocenters. The van der Waals surface area contributed by atoms with Crippen molar-refractivity contribution in [3.05, 3.63) is 34.1 Å². The molecule has 2 aromatic rings. The molecule has 0 aliphatic heterocycles. The van der Waals surface area contributed by atoms with Crippen LogP contribution in [-0.2, 0) is 0 Å². The molecule has 0 saturated carbocycles. The van der Waals surface area contributed by atoms with Gasteiger partial charge in [-0.05, 0) is 12.1 Å². The van der Waals surface area contributed by atoms with E-state index in [9.17, 15) is 0 Å². The average molecular weight is 272 g/mol. The van der Waals surface area contributed by atoms with E-state index in [2.05, 4.69) is 33.5 Å². The highest BCUT2D eigenvalue weighted by Crippen LogP contribution is 2.26. The molecule has 1 heterocycles. The molecule has 0 saturated heterocycles. The van der Waals surface area contributed by atoms with Gasteiger partial charge in [0.05, 0.1) is 0 Å². The molecule has 0 N–H and O–H groups in total. The summed E-state index contributed by atoms with van der Waals surface area (Å²) in [5, 5.41) is 3.71. The highest BCUT2D eigenvalue weighted by atomic mass is 79.9. The van der Waals surface area contributed by atoms with E-state index >= 15 is 0 Å². The smallest absolute Gasteiger partial charge is 0.124 e. The van der Waals surface area contributed by atoms with Crippen molar-refractivity contribution < 1.29 is 0 Å². The Bertz CT molecular complexity index is 425. The van der Waals surface area contributed by atoms with Crippen molar-refractivity contribution in [2.75, 3.05) is 0 Å². The Morgan fingerprint density at radius 3 is 2.85 bits per heavy atom. The second kappa shape index (κ2) is 3.82. The standard InChI is InChI=1S/C9H6BrNS2/c10-7-3-1-2-6(4-7)9-11-8(12)5-13-9/h1-5,12H. The minimum absolute atomic E-state index is 0.778. The van der Waals surface area contributed by atoms with Gasteiger partial charge < -0.3 is 0 Å². The van der Waals surface area contributed by atoms with Crippen LogP contribution in [0, 0.1) is 0 Å². The van der Waals surface area contributed by atoms with Crippen molar-refractivity contribution in [3.63, 3.8) is 0 Å². The number of halogens is 1. The number of rotatable bonds is 1. The third kappa shape index (κ3) is 2.13.